The lowest BCUT2D eigenvalue weighted by Crippen LogP contribution is -2.08. The van der Waals surface area contributed by atoms with Gasteiger partial charge in [0.1, 0.15) is 11.5 Å². The van der Waals surface area contributed by atoms with Gasteiger partial charge in [0.25, 0.3) is 0 Å². The van der Waals surface area contributed by atoms with Crippen LogP contribution in [0.15, 0.2) is 18.3 Å². The summed E-state index contributed by atoms with van der Waals surface area (Å²) in [4.78, 5) is 15.7. The predicted octanol–water partition coefficient (Wildman–Crippen LogP) is 0.586. The van der Waals surface area contributed by atoms with Crippen molar-refractivity contribution in [3.8, 4) is 0 Å². The van der Waals surface area contributed by atoms with Crippen LogP contribution >= 0.6 is 0 Å². The zero-order valence-electron chi connectivity index (χ0n) is 9.38. The molecule has 3 N–H and O–H groups in total. The molecular formula is C11H13N3O3. The molecule has 0 aliphatic carbocycles. The average molecular weight is 235 g/mol. The molecule has 2 aromatic heterocycles. The van der Waals surface area contributed by atoms with Crippen LogP contribution in [0.2, 0.25) is 0 Å². The number of carbonyl (C=O) groups is 1. The molecule has 6 heteroatoms. The standard InChI is InChI=1S/C11H13N3O3/c1-2-17-11(16)8-9(12)14-5-3-4-7(6-15)10(14)13-8/h3-5,15H,2,6,12H2,1H3. The van der Waals surface area contributed by atoms with Crippen LogP contribution in [0.3, 0.4) is 0 Å². The van der Waals surface area contributed by atoms with Crippen LogP contribution in [-0.4, -0.2) is 27.1 Å². The molecule has 0 amide bonds. The maximum atomic E-state index is 11.6. The molecule has 0 spiro atoms. The molecule has 0 aliphatic heterocycles. The Morgan fingerprint density at radius 2 is 2.41 bits per heavy atom. The number of hydrogen-bond acceptors (Lipinski definition) is 5. The monoisotopic (exact) mass is 235 g/mol. The molecule has 2 heterocycles. The van der Waals surface area contributed by atoms with Gasteiger partial charge in [-0.1, -0.05) is 6.07 Å². The fourth-order valence-corrected chi connectivity index (χ4v) is 1.62. The number of imidazole rings is 1. The van der Waals surface area contributed by atoms with Crippen molar-refractivity contribution >= 4 is 17.4 Å². The van der Waals surface area contributed by atoms with E-state index in [1.54, 1.807) is 29.7 Å². The summed E-state index contributed by atoms with van der Waals surface area (Å²) in [6.07, 6.45) is 1.68. The van der Waals surface area contributed by atoms with Crippen LogP contribution in [0.1, 0.15) is 23.0 Å². The van der Waals surface area contributed by atoms with E-state index in [0.717, 1.165) is 0 Å². The van der Waals surface area contributed by atoms with E-state index in [9.17, 15) is 4.79 Å². The van der Waals surface area contributed by atoms with Crippen molar-refractivity contribution in [3.63, 3.8) is 0 Å². The number of rotatable bonds is 3. The molecule has 0 aliphatic rings. The third-order valence-electron chi connectivity index (χ3n) is 2.41. The van der Waals surface area contributed by atoms with E-state index in [2.05, 4.69) is 4.98 Å². The number of aliphatic hydroxyl groups is 1. The molecule has 0 saturated heterocycles. The maximum Gasteiger partial charge on any atom is 0.360 e. The molecule has 0 saturated carbocycles. The lowest BCUT2D eigenvalue weighted by atomic mass is 10.3. The maximum absolute atomic E-state index is 11.6. The van der Waals surface area contributed by atoms with E-state index in [1.807, 2.05) is 0 Å². The summed E-state index contributed by atoms with van der Waals surface area (Å²) < 4.78 is 6.41. The van der Waals surface area contributed by atoms with Gasteiger partial charge in [0, 0.05) is 11.8 Å². The lowest BCUT2D eigenvalue weighted by molar-refractivity contribution is 0.0521. The zero-order valence-corrected chi connectivity index (χ0v) is 9.38. The van der Waals surface area contributed by atoms with E-state index >= 15 is 0 Å². The number of ether oxygens (including phenoxy) is 1. The quantitative estimate of drug-likeness (QED) is 0.760. The second kappa shape index (κ2) is 4.42. The van der Waals surface area contributed by atoms with Crippen LogP contribution in [0.5, 0.6) is 0 Å². The van der Waals surface area contributed by atoms with Crippen molar-refractivity contribution in [2.24, 2.45) is 0 Å². The summed E-state index contributed by atoms with van der Waals surface area (Å²) >= 11 is 0. The number of nitrogen functional groups attached to an aromatic ring is 1. The number of aromatic nitrogens is 2. The molecule has 2 aromatic rings. The Morgan fingerprint density at radius 1 is 1.65 bits per heavy atom. The fraction of sp³-hybridized carbons (Fsp3) is 0.273. The van der Waals surface area contributed by atoms with Crippen molar-refractivity contribution in [3.05, 3.63) is 29.6 Å². The number of fused-ring (bicyclic) bond motifs is 1. The molecule has 17 heavy (non-hydrogen) atoms. The van der Waals surface area contributed by atoms with Gasteiger partial charge in [0.05, 0.1) is 13.2 Å². The number of nitrogens with two attached hydrogens (primary N) is 1. The SMILES string of the molecule is CCOC(=O)c1nc2c(CO)cccn2c1N. The summed E-state index contributed by atoms with van der Waals surface area (Å²) in [6, 6.07) is 3.45. The highest BCUT2D eigenvalue weighted by atomic mass is 16.5. The lowest BCUT2D eigenvalue weighted by Gasteiger charge is -2.00. The van der Waals surface area contributed by atoms with Gasteiger partial charge in [-0.05, 0) is 13.0 Å². The summed E-state index contributed by atoms with van der Waals surface area (Å²) in [5, 5.41) is 9.17. The van der Waals surface area contributed by atoms with E-state index in [4.69, 9.17) is 15.6 Å². The Bertz CT molecular complexity index is 562. The van der Waals surface area contributed by atoms with Crippen LogP contribution in [0.25, 0.3) is 5.65 Å². The molecular weight excluding hydrogens is 222 g/mol. The van der Waals surface area contributed by atoms with Crippen LogP contribution in [0, 0.1) is 0 Å². The highest BCUT2D eigenvalue weighted by Crippen LogP contribution is 2.18. The highest BCUT2D eigenvalue weighted by Gasteiger charge is 2.18. The number of anilines is 1. The van der Waals surface area contributed by atoms with Gasteiger partial charge in [0.15, 0.2) is 5.69 Å². The first-order valence-corrected chi connectivity index (χ1v) is 5.22. The predicted molar refractivity (Wildman–Crippen MR) is 61.5 cm³/mol. The summed E-state index contributed by atoms with van der Waals surface area (Å²) in [5.41, 5.74) is 6.96. The highest BCUT2D eigenvalue weighted by molar-refractivity contribution is 5.93. The third kappa shape index (κ3) is 1.83. The Hall–Kier alpha value is -2.08. The fourth-order valence-electron chi connectivity index (χ4n) is 1.62. The molecule has 0 aromatic carbocycles. The van der Waals surface area contributed by atoms with Crippen molar-refractivity contribution in [2.75, 3.05) is 12.3 Å². The van der Waals surface area contributed by atoms with E-state index in [-0.39, 0.29) is 24.7 Å². The molecule has 90 valence electrons. The van der Waals surface area contributed by atoms with Crippen LogP contribution < -0.4 is 5.73 Å². The number of hydrogen-bond donors (Lipinski definition) is 2. The summed E-state index contributed by atoms with van der Waals surface area (Å²) in [5.74, 6) is -0.341. The number of carbonyl (C=O) groups excluding carboxylic acids is 1. The zero-order chi connectivity index (χ0) is 12.4. The van der Waals surface area contributed by atoms with Gasteiger partial charge >= 0.3 is 5.97 Å². The van der Waals surface area contributed by atoms with Crippen LogP contribution in [-0.2, 0) is 11.3 Å². The van der Waals surface area contributed by atoms with E-state index in [1.165, 1.54) is 0 Å². The van der Waals surface area contributed by atoms with Crippen molar-refractivity contribution in [1.82, 2.24) is 9.38 Å². The van der Waals surface area contributed by atoms with E-state index in [0.29, 0.717) is 11.2 Å². The first-order chi connectivity index (χ1) is 8.19. The minimum absolute atomic E-state index is 0.0766. The van der Waals surface area contributed by atoms with Crippen molar-refractivity contribution < 1.29 is 14.6 Å². The topological polar surface area (TPSA) is 89.8 Å². The van der Waals surface area contributed by atoms with Gasteiger partial charge in [-0.15, -0.1) is 0 Å². The van der Waals surface area contributed by atoms with Gasteiger partial charge in [0.2, 0.25) is 0 Å². The Kier molecular flexibility index (Phi) is 2.97. The molecule has 6 nitrogen and oxygen atoms in total. The third-order valence-corrected chi connectivity index (χ3v) is 2.41. The van der Waals surface area contributed by atoms with Gasteiger partial charge in [-0.2, -0.15) is 0 Å². The Balaban J connectivity index is 2.60. The average Bonchev–Trinajstić information content (AvgIpc) is 2.67. The number of pyridine rings is 1. The van der Waals surface area contributed by atoms with Gasteiger partial charge < -0.3 is 15.6 Å². The molecule has 2 rings (SSSR count). The number of esters is 1. The second-order valence-corrected chi connectivity index (χ2v) is 3.45. The molecule has 0 unspecified atom stereocenters. The van der Waals surface area contributed by atoms with Gasteiger partial charge in [-0.25, -0.2) is 9.78 Å². The first kappa shape index (κ1) is 11.4. The summed E-state index contributed by atoms with van der Waals surface area (Å²) in [6.45, 7) is 1.81. The Morgan fingerprint density at radius 3 is 3.06 bits per heavy atom. The van der Waals surface area contributed by atoms with Crippen LogP contribution in [0.4, 0.5) is 5.82 Å². The molecule has 0 bridgehead atoms. The summed E-state index contributed by atoms with van der Waals surface area (Å²) in [7, 11) is 0. The first-order valence-electron chi connectivity index (χ1n) is 5.22. The molecule has 0 atom stereocenters. The normalized spacial score (nSPS) is 10.7. The smallest absolute Gasteiger partial charge is 0.360 e. The molecule has 0 radical (unpaired) electrons. The van der Waals surface area contributed by atoms with Crippen molar-refractivity contribution in [1.29, 1.82) is 0 Å². The Labute approximate surface area is 97.6 Å². The minimum atomic E-state index is -0.558. The molecule has 0 fully saturated rings. The largest absolute Gasteiger partial charge is 0.461 e. The number of nitrogens with zero attached hydrogens (tertiary/aromatic N) is 2. The number of aliphatic hydroxyl groups excluding tert-OH is 1. The minimum Gasteiger partial charge on any atom is -0.461 e. The second-order valence-electron chi connectivity index (χ2n) is 3.45. The van der Waals surface area contributed by atoms with E-state index < -0.39 is 5.97 Å². The van der Waals surface area contributed by atoms with Crippen molar-refractivity contribution in [2.45, 2.75) is 13.5 Å². The van der Waals surface area contributed by atoms with Gasteiger partial charge in [-0.3, -0.25) is 4.40 Å².